The van der Waals surface area contributed by atoms with Gasteiger partial charge in [-0.25, -0.2) is 9.97 Å². The van der Waals surface area contributed by atoms with Gasteiger partial charge in [-0.2, -0.15) is 0 Å². The highest BCUT2D eigenvalue weighted by molar-refractivity contribution is 9.10. The fourth-order valence-electron chi connectivity index (χ4n) is 4.22. The van der Waals surface area contributed by atoms with Crippen LogP contribution in [-0.2, 0) is 5.41 Å². The highest BCUT2D eigenvalue weighted by atomic mass is 79.9. The molecular weight excluding hydrogens is 420 g/mol. The van der Waals surface area contributed by atoms with Gasteiger partial charge in [-0.3, -0.25) is 0 Å². The molecule has 2 aromatic rings. The molecule has 0 atom stereocenters. The van der Waals surface area contributed by atoms with Crippen molar-refractivity contribution in [2.45, 2.75) is 38.5 Å². The minimum atomic E-state index is -0.712. The molecule has 0 aliphatic carbocycles. The van der Waals surface area contributed by atoms with Gasteiger partial charge in [0.2, 0.25) is 0 Å². The average molecular weight is 447 g/mol. The second kappa shape index (κ2) is 7.28. The molecule has 2 N–H and O–H groups in total. The Bertz CT molecular complexity index is 898. The Hall–Kier alpha value is -1.70. The summed E-state index contributed by atoms with van der Waals surface area (Å²) in [6.07, 6.45) is 0.690. The maximum Gasteiger partial charge on any atom is 0.160 e. The topological polar surface area (TPSA) is 72.7 Å². The molecule has 0 unspecified atom stereocenters. The molecule has 7 heteroatoms. The zero-order valence-corrected chi connectivity index (χ0v) is 18.2. The van der Waals surface area contributed by atoms with Crippen molar-refractivity contribution in [2.75, 3.05) is 42.6 Å². The number of halogens is 1. The summed E-state index contributed by atoms with van der Waals surface area (Å²) in [4.78, 5) is 14.0. The van der Waals surface area contributed by atoms with Gasteiger partial charge in [0.1, 0.15) is 11.5 Å². The zero-order chi connectivity index (χ0) is 20.1. The van der Waals surface area contributed by atoms with E-state index in [9.17, 15) is 10.2 Å². The molecule has 150 valence electrons. The Kier molecular flexibility index (Phi) is 5.10. The lowest BCUT2D eigenvalue weighted by molar-refractivity contribution is 0.104. The van der Waals surface area contributed by atoms with Crippen LogP contribution in [-0.4, -0.2) is 53.0 Å². The molecule has 28 heavy (non-hydrogen) atoms. The van der Waals surface area contributed by atoms with E-state index in [1.807, 2.05) is 6.92 Å². The van der Waals surface area contributed by atoms with E-state index in [1.165, 1.54) is 5.56 Å². The van der Waals surface area contributed by atoms with E-state index in [-0.39, 0.29) is 13.2 Å². The number of nitrogens with zero attached hydrogens (tertiary/aromatic N) is 4. The van der Waals surface area contributed by atoms with Gasteiger partial charge in [0.15, 0.2) is 5.82 Å². The molecule has 1 aromatic heterocycles. The second-order valence-electron chi connectivity index (χ2n) is 8.14. The normalized spacial score (nSPS) is 17.8. The average Bonchev–Trinajstić information content (AvgIpc) is 2.69. The van der Waals surface area contributed by atoms with E-state index in [0.29, 0.717) is 18.2 Å². The Morgan fingerprint density at radius 3 is 2.54 bits per heavy atom. The van der Waals surface area contributed by atoms with Crippen LogP contribution in [0.25, 0.3) is 0 Å². The number of rotatable bonds is 4. The lowest BCUT2D eigenvalue weighted by Gasteiger charge is -2.46. The van der Waals surface area contributed by atoms with Gasteiger partial charge < -0.3 is 20.0 Å². The van der Waals surface area contributed by atoms with Crippen LogP contribution in [0.5, 0.6) is 0 Å². The van der Waals surface area contributed by atoms with Crippen LogP contribution in [0.2, 0.25) is 0 Å². The number of aliphatic hydroxyl groups excluding tert-OH is 2. The summed E-state index contributed by atoms with van der Waals surface area (Å²) in [7, 11) is 0. The van der Waals surface area contributed by atoms with Crippen molar-refractivity contribution in [3.8, 4) is 0 Å². The fraction of sp³-hybridized carbons (Fsp3) is 0.524. The molecular formula is C21H27BrN4O2. The third-order valence-electron chi connectivity index (χ3n) is 6.04. The molecule has 0 saturated carbocycles. The SMILES string of the molecule is Cc1nc2c3c(n1)C(CO)(CO)CCN3CCN2c1ccc(C(C)C)cc1Br. The third kappa shape index (κ3) is 3.00. The van der Waals surface area contributed by atoms with Gasteiger partial charge >= 0.3 is 0 Å². The van der Waals surface area contributed by atoms with Crippen molar-refractivity contribution in [3.63, 3.8) is 0 Å². The Labute approximate surface area is 174 Å². The van der Waals surface area contributed by atoms with E-state index in [2.05, 4.69) is 62.8 Å². The van der Waals surface area contributed by atoms with Crippen LogP contribution >= 0.6 is 15.9 Å². The van der Waals surface area contributed by atoms with Gasteiger partial charge in [0, 0.05) is 24.1 Å². The van der Waals surface area contributed by atoms with Crippen molar-refractivity contribution in [1.29, 1.82) is 0 Å². The van der Waals surface area contributed by atoms with Gasteiger partial charge in [0.25, 0.3) is 0 Å². The third-order valence-corrected chi connectivity index (χ3v) is 6.68. The molecule has 0 amide bonds. The summed E-state index contributed by atoms with van der Waals surface area (Å²) in [6, 6.07) is 6.50. The van der Waals surface area contributed by atoms with Crippen molar-refractivity contribution in [2.24, 2.45) is 0 Å². The first-order chi connectivity index (χ1) is 13.4. The summed E-state index contributed by atoms with van der Waals surface area (Å²) in [5.41, 5.74) is 3.37. The smallest absolute Gasteiger partial charge is 0.160 e. The molecule has 0 saturated heterocycles. The maximum atomic E-state index is 10.1. The summed E-state index contributed by atoms with van der Waals surface area (Å²) in [6.45, 7) is 8.49. The molecule has 1 aromatic carbocycles. The summed E-state index contributed by atoms with van der Waals surface area (Å²) >= 11 is 3.76. The maximum absolute atomic E-state index is 10.1. The minimum absolute atomic E-state index is 0.118. The summed E-state index contributed by atoms with van der Waals surface area (Å²) in [5.74, 6) is 1.98. The number of hydrogen-bond donors (Lipinski definition) is 2. The standard InChI is InChI=1S/C21H27BrN4O2/c1-13(2)15-4-5-17(16(22)10-15)26-9-8-25-7-6-21(11-27,12-28)19-18(25)20(26)24-14(3)23-19/h4-5,10,13,27-28H,6-9,11-12H2,1-3H3. The molecule has 6 nitrogen and oxygen atoms in total. The molecule has 0 radical (unpaired) electrons. The van der Waals surface area contributed by atoms with E-state index < -0.39 is 5.41 Å². The van der Waals surface area contributed by atoms with Crippen LogP contribution in [0.15, 0.2) is 22.7 Å². The molecule has 3 heterocycles. The monoisotopic (exact) mass is 446 g/mol. The molecule has 0 spiro atoms. The number of aryl methyl sites for hydroxylation is 1. The molecule has 0 fully saturated rings. The largest absolute Gasteiger partial charge is 0.395 e. The molecule has 2 aliphatic rings. The number of aromatic nitrogens is 2. The fourth-order valence-corrected chi connectivity index (χ4v) is 4.83. The predicted octanol–water partition coefficient (Wildman–Crippen LogP) is 3.26. The minimum Gasteiger partial charge on any atom is -0.395 e. The van der Waals surface area contributed by atoms with Crippen LogP contribution in [0.4, 0.5) is 17.2 Å². The highest BCUT2D eigenvalue weighted by Gasteiger charge is 2.44. The quantitative estimate of drug-likeness (QED) is 0.750. The van der Waals surface area contributed by atoms with Gasteiger partial charge in [-0.1, -0.05) is 19.9 Å². The van der Waals surface area contributed by atoms with Crippen molar-refractivity contribution >= 4 is 33.1 Å². The number of aliphatic hydroxyl groups is 2. The Morgan fingerprint density at radius 2 is 1.89 bits per heavy atom. The lowest BCUT2D eigenvalue weighted by atomic mass is 9.78. The summed E-state index contributed by atoms with van der Waals surface area (Å²) < 4.78 is 1.04. The van der Waals surface area contributed by atoms with Crippen molar-refractivity contribution in [1.82, 2.24) is 9.97 Å². The number of anilines is 3. The van der Waals surface area contributed by atoms with Crippen LogP contribution in [0, 0.1) is 6.92 Å². The van der Waals surface area contributed by atoms with Crippen LogP contribution in [0.3, 0.4) is 0 Å². The molecule has 2 aliphatic heterocycles. The van der Waals surface area contributed by atoms with Crippen LogP contribution < -0.4 is 9.80 Å². The first kappa shape index (κ1) is 19.6. The van der Waals surface area contributed by atoms with Crippen molar-refractivity contribution in [3.05, 3.63) is 39.8 Å². The van der Waals surface area contributed by atoms with E-state index >= 15 is 0 Å². The van der Waals surface area contributed by atoms with Gasteiger partial charge in [0.05, 0.1) is 30.0 Å². The predicted molar refractivity (Wildman–Crippen MR) is 115 cm³/mol. The highest BCUT2D eigenvalue weighted by Crippen LogP contribution is 2.47. The molecule has 0 bridgehead atoms. The van der Waals surface area contributed by atoms with Gasteiger partial charge in [-0.05, 0) is 52.9 Å². The Morgan fingerprint density at radius 1 is 1.14 bits per heavy atom. The van der Waals surface area contributed by atoms with Crippen LogP contribution in [0.1, 0.15) is 43.3 Å². The molecule has 4 rings (SSSR count). The zero-order valence-electron chi connectivity index (χ0n) is 16.6. The van der Waals surface area contributed by atoms with E-state index in [1.54, 1.807) is 0 Å². The first-order valence-corrected chi connectivity index (χ1v) is 10.6. The number of benzene rings is 1. The van der Waals surface area contributed by atoms with E-state index in [4.69, 9.17) is 4.98 Å². The summed E-state index contributed by atoms with van der Waals surface area (Å²) in [5, 5.41) is 20.2. The first-order valence-electron chi connectivity index (χ1n) is 9.83. The van der Waals surface area contributed by atoms with Crippen molar-refractivity contribution < 1.29 is 10.2 Å². The lowest BCUT2D eigenvalue weighted by Crippen LogP contribution is -2.50. The second-order valence-corrected chi connectivity index (χ2v) is 9.00. The number of hydrogen-bond acceptors (Lipinski definition) is 6. The Balaban J connectivity index is 1.87. The van der Waals surface area contributed by atoms with E-state index in [0.717, 1.165) is 47.0 Å². The van der Waals surface area contributed by atoms with Gasteiger partial charge in [-0.15, -0.1) is 0 Å².